The Kier molecular flexibility index (Phi) is 6.52. The molecule has 0 aliphatic heterocycles. The lowest BCUT2D eigenvalue weighted by Crippen LogP contribution is -2.34. The summed E-state index contributed by atoms with van der Waals surface area (Å²) in [6, 6.07) is 11.1. The summed E-state index contributed by atoms with van der Waals surface area (Å²) in [4.78, 5) is 4.46. The molecule has 3 heteroatoms. The van der Waals surface area contributed by atoms with Crippen molar-refractivity contribution in [2.45, 2.75) is 44.9 Å². The van der Waals surface area contributed by atoms with Crippen molar-refractivity contribution >= 4 is 22.7 Å². The minimum atomic E-state index is 0.531. The largest absolute Gasteiger partial charge is 0.313 e. The second-order valence-corrected chi connectivity index (χ2v) is 7.33. The fourth-order valence-electron chi connectivity index (χ4n) is 2.45. The van der Waals surface area contributed by atoms with Gasteiger partial charge in [-0.15, -0.1) is 0 Å². The maximum Gasteiger partial charge on any atom is 0.0704 e. The molecule has 1 unspecified atom stereocenters. The molecule has 0 bridgehead atoms. The van der Waals surface area contributed by atoms with Crippen LogP contribution in [-0.2, 0) is 6.42 Å². The second-order valence-electron chi connectivity index (χ2n) is 5.72. The third-order valence-corrected chi connectivity index (χ3v) is 4.78. The molecule has 0 saturated carbocycles. The second kappa shape index (κ2) is 8.40. The molecule has 2 rings (SSSR count). The number of benzene rings is 1. The van der Waals surface area contributed by atoms with E-state index in [1.54, 1.807) is 0 Å². The van der Waals surface area contributed by atoms with E-state index in [1.807, 2.05) is 18.0 Å². The molecule has 2 nitrogen and oxygen atoms in total. The molecule has 0 saturated heterocycles. The molecule has 0 spiro atoms. The molecule has 0 amide bonds. The van der Waals surface area contributed by atoms with Crippen LogP contribution in [0.25, 0.3) is 10.9 Å². The van der Waals surface area contributed by atoms with Crippen LogP contribution in [-0.4, -0.2) is 28.6 Å². The first-order valence-corrected chi connectivity index (χ1v) is 8.93. The number of aromatic nitrogens is 1. The van der Waals surface area contributed by atoms with Crippen molar-refractivity contribution in [3.05, 3.63) is 42.1 Å². The third-order valence-electron chi connectivity index (χ3n) is 3.52. The van der Waals surface area contributed by atoms with Gasteiger partial charge in [0, 0.05) is 23.4 Å². The van der Waals surface area contributed by atoms with Gasteiger partial charge in [-0.1, -0.05) is 39.0 Å². The summed E-state index contributed by atoms with van der Waals surface area (Å²) in [5.74, 6) is 1.16. The van der Waals surface area contributed by atoms with Crippen molar-refractivity contribution in [1.82, 2.24) is 10.3 Å². The zero-order chi connectivity index (χ0) is 15.1. The van der Waals surface area contributed by atoms with Gasteiger partial charge in [0.2, 0.25) is 0 Å². The summed E-state index contributed by atoms with van der Waals surface area (Å²) >= 11 is 2.04. The summed E-state index contributed by atoms with van der Waals surface area (Å²) < 4.78 is 0. The predicted octanol–water partition coefficient (Wildman–Crippen LogP) is 4.29. The molecular formula is C18H26N2S. The monoisotopic (exact) mass is 302 g/mol. The van der Waals surface area contributed by atoms with Crippen molar-refractivity contribution in [3.63, 3.8) is 0 Å². The number of nitrogens with one attached hydrogen (secondary N) is 1. The Morgan fingerprint density at radius 2 is 2.00 bits per heavy atom. The lowest BCUT2D eigenvalue weighted by molar-refractivity contribution is 0.551. The van der Waals surface area contributed by atoms with Crippen molar-refractivity contribution in [2.75, 3.05) is 12.3 Å². The van der Waals surface area contributed by atoms with E-state index in [1.165, 1.54) is 17.4 Å². The number of pyridine rings is 1. The van der Waals surface area contributed by atoms with E-state index in [4.69, 9.17) is 0 Å². The van der Waals surface area contributed by atoms with Crippen LogP contribution in [0, 0.1) is 0 Å². The van der Waals surface area contributed by atoms with Crippen LogP contribution >= 0.6 is 11.8 Å². The summed E-state index contributed by atoms with van der Waals surface area (Å²) in [5, 5.41) is 5.67. The molecule has 114 valence electrons. The molecule has 0 fully saturated rings. The van der Waals surface area contributed by atoms with E-state index >= 15 is 0 Å². The number of fused-ring (bicyclic) bond motifs is 1. The van der Waals surface area contributed by atoms with Gasteiger partial charge in [0.25, 0.3) is 0 Å². The highest BCUT2D eigenvalue weighted by atomic mass is 32.2. The zero-order valence-corrected chi connectivity index (χ0v) is 14.1. The first kappa shape index (κ1) is 16.3. The molecule has 21 heavy (non-hydrogen) atoms. The predicted molar refractivity (Wildman–Crippen MR) is 95.1 cm³/mol. The van der Waals surface area contributed by atoms with E-state index in [0.29, 0.717) is 11.3 Å². The van der Waals surface area contributed by atoms with Crippen LogP contribution in [0.3, 0.4) is 0 Å². The van der Waals surface area contributed by atoms with E-state index in [2.05, 4.69) is 61.4 Å². The standard InChI is InChI=1S/C18H26N2S/c1-4-10-19-16(13-21-14(2)3)12-15-9-11-20-18-8-6-5-7-17(15)18/h5-9,11,14,16,19H,4,10,12-13H2,1-3H3. The lowest BCUT2D eigenvalue weighted by atomic mass is 10.0. The average molecular weight is 302 g/mol. The Labute approximate surface area is 132 Å². The Morgan fingerprint density at radius 1 is 1.19 bits per heavy atom. The fraction of sp³-hybridized carbons (Fsp3) is 0.500. The van der Waals surface area contributed by atoms with Gasteiger partial charge in [-0.05, 0) is 42.3 Å². The maximum atomic E-state index is 4.46. The van der Waals surface area contributed by atoms with Gasteiger partial charge in [-0.25, -0.2) is 0 Å². The van der Waals surface area contributed by atoms with E-state index < -0.39 is 0 Å². The van der Waals surface area contributed by atoms with Crippen molar-refractivity contribution in [3.8, 4) is 0 Å². The summed E-state index contributed by atoms with van der Waals surface area (Å²) in [6.07, 6.45) is 4.19. The molecule has 2 aromatic rings. The fourth-order valence-corrected chi connectivity index (χ4v) is 3.30. The van der Waals surface area contributed by atoms with Gasteiger partial charge in [-0.3, -0.25) is 4.98 Å². The van der Waals surface area contributed by atoms with Crippen LogP contribution in [0.4, 0.5) is 0 Å². The van der Waals surface area contributed by atoms with Gasteiger partial charge in [0.05, 0.1) is 5.52 Å². The highest BCUT2D eigenvalue weighted by Crippen LogP contribution is 2.20. The third kappa shape index (κ3) is 5.01. The van der Waals surface area contributed by atoms with Crippen LogP contribution in [0.15, 0.2) is 36.5 Å². The molecule has 0 radical (unpaired) electrons. The molecule has 0 aliphatic carbocycles. The molecule has 1 atom stereocenters. The van der Waals surface area contributed by atoms with Gasteiger partial charge < -0.3 is 5.32 Å². The Bertz CT molecular complexity index is 548. The number of para-hydroxylation sites is 1. The topological polar surface area (TPSA) is 24.9 Å². The van der Waals surface area contributed by atoms with Gasteiger partial charge >= 0.3 is 0 Å². The minimum absolute atomic E-state index is 0.531. The highest BCUT2D eigenvalue weighted by molar-refractivity contribution is 7.99. The smallest absolute Gasteiger partial charge is 0.0704 e. The number of hydrogen-bond donors (Lipinski definition) is 1. The Morgan fingerprint density at radius 3 is 2.76 bits per heavy atom. The summed E-state index contributed by atoms with van der Waals surface area (Å²) in [7, 11) is 0. The molecular weight excluding hydrogens is 276 g/mol. The first-order valence-electron chi connectivity index (χ1n) is 7.88. The van der Waals surface area contributed by atoms with Crippen LogP contribution < -0.4 is 5.32 Å². The van der Waals surface area contributed by atoms with Crippen LogP contribution in [0.1, 0.15) is 32.8 Å². The quantitative estimate of drug-likeness (QED) is 0.787. The molecule has 1 aromatic heterocycles. The van der Waals surface area contributed by atoms with E-state index in [9.17, 15) is 0 Å². The molecule has 1 aromatic carbocycles. The van der Waals surface area contributed by atoms with Gasteiger partial charge in [-0.2, -0.15) is 11.8 Å². The lowest BCUT2D eigenvalue weighted by Gasteiger charge is -2.20. The SMILES string of the molecule is CCCNC(CSC(C)C)Cc1ccnc2ccccc12. The van der Waals surface area contributed by atoms with Crippen molar-refractivity contribution in [1.29, 1.82) is 0 Å². The molecule has 1 heterocycles. The molecule has 0 aliphatic rings. The van der Waals surface area contributed by atoms with E-state index in [-0.39, 0.29) is 0 Å². The minimum Gasteiger partial charge on any atom is -0.313 e. The average Bonchev–Trinajstić information content (AvgIpc) is 2.50. The Hall–Kier alpha value is -1.06. The number of hydrogen-bond acceptors (Lipinski definition) is 3. The zero-order valence-electron chi connectivity index (χ0n) is 13.3. The van der Waals surface area contributed by atoms with Crippen molar-refractivity contribution < 1.29 is 0 Å². The summed E-state index contributed by atoms with van der Waals surface area (Å²) in [6.45, 7) is 7.85. The highest BCUT2D eigenvalue weighted by Gasteiger charge is 2.12. The normalized spacial score (nSPS) is 13.0. The first-order chi connectivity index (χ1) is 10.2. The maximum absolute atomic E-state index is 4.46. The number of nitrogens with zero attached hydrogens (tertiary/aromatic N) is 1. The Balaban J connectivity index is 2.13. The van der Waals surface area contributed by atoms with Crippen LogP contribution in [0.2, 0.25) is 0 Å². The number of thioether (sulfide) groups is 1. The molecule has 1 N–H and O–H groups in total. The van der Waals surface area contributed by atoms with Gasteiger partial charge in [0.15, 0.2) is 0 Å². The van der Waals surface area contributed by atoms with E-state index in [0.717, 1.165) is 24.2 Å². The van der Waals surface area contributed by atoms with Crippen molar-refractivity contribution in [2.24, 2.45) is 0 Å². The number of rotatable bonds is 8. The van der Waals surface area contributed by atoms with Gasteiger partial charge in [0.1, 0.15) is 0 Å². The van der Waals surface area contributed by atoms with Crippen LogP contribution in [0.5, 0.6) is 0 Å². The summed E-state index contributed by atoms with van der Waals surface area (Å²) in [5.41, 5.74) is 2.50.